The molecule has 0 bridgehead atoms. The summed E-state index contributed by atoms with van der Waals surface area (Å²) in [5.74, 6) is -1.08. The zero-order valence-electron chi connectivity index (χ0n) is 13.0. The molecule has 6 heteroatoms. The van der Waals surface area contributed by atoms with Crippen molar-refractivity contribution in [2.75, 3.05) is 18.6 Å². The average molecular weight is 331 g/mol. The number of benzene rings is 1. The number of nitrogens with one attached hydrogen (secondary N) is 1. The van der Waals surface area contributed by atoms with Crippen molar-refractivity contribution in [3.05, 3.63) is 35.4 Å². The summed E-state index contributed by atoms with van der Waals surface area (Å²) in [7, 11) is -3.03. The van der Waals surface area contributed by atoms with Crippen LogP contribution in [0.2, 0.25) is 0 Å². The molecule has 3 nitrogen and oxygen atoms in total. The SMILES string of the molecule is C[C@H](CNC1(c2ccc(F)cc2F)CCCC1)CS(C)(=O)=O. The highest BCUT2D eigenvalue weighted by atomic mass is 32.2. The molecule has 1 aromatic rings. The molecule has 1 aliphatic carbocycles. The maximum Gasteiger partial charge on any atom is 0.147 e. The second-order valence-electron chi connectivity index (χ2n) is 6.49. The van der Waals surface area contributed by atoms with E-state index in [9.17, 15) is 17.2 Å². The molecular weight excluding hydrogens is 308 g/mol. The van der Waals surface area contributed by atoms with Gasteiger partial charge in [-0.05, 0) is 31.4 Å². The van der Waals surface area contributed by atoms with Crippen molar-refractivity contribution in [3.8, 4) is 0 Å². The molecule has 0 radical (unpaired) electrons. The van der Waals surface area contributed by atoms with Gasteiger partial charge in [-0.25, -0.2) is 17.2 Å². The van der Waals surface area contributed by atoms with Gasteiger partial charge in [-0.2, -0.15) is 0 Å². The second kappa shape index (κ2) is 6.62. The summed E-state index contributed by atoms with van der Waals surface area (Å²) in [4.78, 5) is 0. The number of rotatable bonds is 6. The van der Waals surface area contributed by atoms with Crippen LogP contribution in [0.1, 0.15) is 38.2 Å². The van der Waals surface area contributed by atoms with Gasteiger partial charge < -0.3 is 5.32 Å². The molecule has 124 valence electrons. The highest BCUT2D eigenvalue weighted by molar-refractivity contribution is 7.90. The Hall–Kier alpha value is -1.01. The van der Waals surface area contributed by atoms with E-state index in [0.717, 1.165) is 31.7 Å². The van der Waals surface area contributed by atoms with Gasteiger partial charge in [-0.3, -0.25) is 0 Å². The minimum atomic E-state index is -3.03. The fraction of sp³-hybridized carbons (Fsp3) is 0.625. The van der Waals surface area contributed by atoms with E-state index in [1.54, 1.807) is 0 Å². The molecule has 0 aliphatic heterocycles. The van der Waals surface area contributed by atoms with Crippen molar-refractivity contribution in [3.63, 3.8) is 0 Å². The van der Waals surface area contributed by atoms with Crippen LogP contribution in [0.25, 0.3) is 0 Å². The summed E-state index contributed by atoms with van der Waals surface area (Å²) in [6.45, 7) is 2.35. The lowest BCUT2D eigenvalue weighted by molar-refractivity contribution is 0.310. The molecule has 0 heterocycles. The Morgan fingerprint density at radius 2 is 1.91 bits per heavy atom. The number of halogens is 2. The van der Waals surface area contributed by atoms with Gasteiger partial charge in [0.05, 0.1) is 5.75 Å². The first-order valence-electron chi connectivity index (χ1n) is 7.60. The molecule has 2 rings (SSSR count). The van der Waals surface area contributed by atoms with Crippen molar-refractivity contribution >= 4 is 9.84 Å². The van der Waals surface area contributed by atoms with E-state index in [4.69, 9.17) is 0 Å². The molecule has 0 amide bonds. The van der Waals surface area contributed by atoms with E-state index >= 15 is 0 Å². The Balaban J connectivity index is 2.15. The van der Waals surface area contributed by atoms with Crippen LogP contribution in [0, 0.1) is 17.6 Å². The number of sulfone groups is 1. The molecule has 1 atom stereocenters. The van der Waals surface area contributed by atoms with E-state index in [0.29, 0.717) is 12.1 Å². The van der Waals surface area contributed by atoms with Crippen LogP contribution in [-0.4, -0.2) is 27.0 Å². The van der Waals surface area contributed by atoms with Gasteiger partial charge in [-0.1, -0.05) is 25.8 Å². The highest BCUT2D eigenvalue weighted by Gasteiger charge is 2.37. The number of hydrogen-bond acceptors (Lipinski definition) is 3. The van der Waals surface area contributed by atoms with Gasteiger partial charge in [0.15, 0.2) is 0 Å². The zero-order valence-corrected chi connectivity index (χ0v) is 13.8. The van der Waals surface area contributed by atoms with Crippen molar-refractivity contribution < 1.29 is 17.2 Å². The van der Waals surface area contributed by atoms with Gasteiger partial charge >= 0.3 is 0 Å². The largest absolute Gasteiger partial charge is 0.307 e. The summed E-state index contributed by atoms with van der Waals surface area (Å²) in [5.41, 5.74) is -0.0262. The Morgan fingerprint density at radius 3 is 2.45 bits per heavy atom. The van der Waals surface area contributed by atoms with Crippen LogP contribution in [0.4, 0.5) is 8.78 Å². The third kappa shape index (κ3) is 4.26. The quantitative estimate of drug-likeness (QED) is 0.872. The van der Waals surface area contributed by atoms with Gasteiger partial charge in [0.25, 0.3) is 0 Å². The lowest BCUT2D eigenvalue weighted by Crippen LogP contribution is -2.43. The fourth-order valence-corrected chi connectivity index (χ4v) is 4.49. The van der Waals surface area contributed by atoms with Crippen molar-refractivity contribution in [1.82, 2.24) is 5.32 Å². The van der Waals surface area contributed by atoms with Crippen LogP contribution in [0.5, 0.6) is 0 Å². The lowest BCUT2D eigenvalue weighted by Gasteiger charge is -2.33. The smallest absolute Gasteiger partial charge is 0.147 e. The maximum absolute atomic E-state index is 14.2. The van der Waals surface area contributed by atoms with Gasteiger partial charge in [0.2, 0.25) is 0 Å². The summed E-state index contributed by atoms with van der Waals surface area (Å²) in [6, 6.07) is 3.70. The van der Waals surface area contributed by atoms with Crippen molar-refractivity contribution in [1.29, 1.82) is 0 Å². The Morgan fingerprint density at radius 1 is 1.27 bits per heavy atom. The monoisotopic (exact) mass is 331 g/mol. The molecule has 22 heavy (non-hydrogen) atoms. The van der Waals surface area contributed by atoms with E-state index in [1.165, 1.54) is 18.4 Å². The third-order valence-electron chi connectivity index (χ3n) is 4.28. The zero-order chi connectivity index (χ0) is 16.4. The molecule has 0 unspecified atom stereocenters. The third-order valence-corrected chi connectivity index (χ3v) is 5.45. The summed E-state index contributed by atoms with van der Waals surface area (Å²) in [6.07, 6.45) is 4.73. The predicted octanol–water partition coefficient (Wildman–Crippen LogP) is 3.00. The van der Waals surface area contributed by atoms with Crippen molar-refractivity contribution in [2.24, 2.45) is 5.92 Å². The summed E-state index contributed by atoms with van der Waals surface area (Å²) >= 11 is 0. The van der Waals surface area contributed by atoms with Crippen LogP contribution in [0.15, 0.2) is 18.2 Å². The minimum Gasteiger partial charge on any atom is -0.307 e. The second-order valence-corrected chi connectivity index (χ2v) is 8.68. The summed E-state index contributed by atoms with van der Waals surface area (Å²) < 4.78 is 50.0. The Labute approximate surface area is 131 Å². The molecule has 0 aromatic heterocycles. The van der Waals surface area contributed by atoms with Crippen LogP contribution in [0.3, 0.4) is 0 Å². The van der Waals surface area contributed by atoms with E-state index in [1.807, 2.05) is 6.92 Å². The Bertz CT molecular complexity index is 625. The molecule has 1 fully saturated rings. The first kappa shape index (κ1) is 17.3. The molecule has 1 aromatic carbocycles. The lowest BCUT2D eigenvalue weighted by atomic mass is 9.87. The first-order chi connectivity index (χ1) is 10.2. The maximum atomic E-state index is 14.2. The number of hydrogen-bond donors (Lipinski definition) is 1. The standard InChI is InChI=1S/C16H23F2NO2S/c1-12(11-22(2,20)21)10-19-16(7-3-4-8-16)14-6-5-13(17)9-15(14)18/h5-6,9,12,19H,3-4,7-8,10-11H2,1-2H3/t12-/m1/s1. The van der Waals surface area contributed by atoms with Gasteiger partial charge in [-0.15, -0.1) is 0 Å². The highest BCUT2D eigenvalue weighted by Crippen LogP contribution is 2.40. The van der Waals surface area contributed by atoms with Crippen molar-refractivity contribution in [2.45, 2.75) is 38.1 Å². The van der Waals surface area contributed by atoms with Crippen LogP contribution in [-0.2, 0) is 15.4 Å². The summed E-state index contributed by atoms with van der Waals surface area (Å²) in [5, 5.41) is 3.37. The molecule has 1 saturated carbocycles. The average Bonchev–Trinajstić information content (AvgIpc) is 2.84. The minimum absolute atomic E-state index is 0.0593. The molecule has 0 spiro atoms. The Kier molecular flexibility index (Phi) is 5.22. The predicted molar refractivity (Wildman–Crippen MR) is 83.4 cm³/mol. The fourth-order valence-electron chi connectivity index (χ4n) is 3.34. The first-order valence-corrected chi connectivity index (χ1v) is 9.66. The molecule has 1 N–H and O–H groups in total. The van der Waals surface area contributed by atoms with E-state index < -0.39 is 27.0 Å². The normalized spacial score (nSPS) is 19.3. The molecule has 0 saturated heterocycles. The van der Waals surface area contributed by atoms with E-state index in [2.05, 4.69) is 5.32 Å². The van der Waals surface area contributed by atoms with Crippen LogP contribution >= 0.6 is 0 Å². The van der Waals surface area contributed by atoms with Gasteiger partial charge in [0, 0.05) is 23.4 Å². The van der Waals surface area contributed by atoms with Gasteiger partial charge in [0.1, 0.15) is 21.5 Å². The molecular formula is C16H23F2NO2S. The van der Waals surface area contributed by atoms with Crippen LogP contribution < -0.4 is 5.32 Å². The topological polar surface area (TPSA) is 46.2 Å². The molecule has 1 aliphatic rings. The van der Waals surface area contributed by atoms with E-state index in [-0.39, 0.29) is 11.7 Å².